The number of carbonyl (C=O) groups is 2. The van der Waals surface area contributed by atoms with Crippen LogP contribution in [0.25, 0.3) is 0 Å². The van der Waals surface area contributed by atoms with Gasteiger partial charge in [-0.05, 0) is 6.07 Å². The fraction of sp³-hybridized carbons (Fsp3) is 0.333. The lowest BCUT2D eigenvalue weighted by molar-refractivity contribution is -0.136. The molecule has 1 heterocycles. The number of aliphatic carboxylic acids is 1. The molecule has 86 valence electrons. The summed E-state index contributed by atoms with van der Waals surface area (Å²) in [7, 11) is 1.23. The van der Waals surface area contributed by atoms with Gasteiger partial charge in [0.2, 0.25) is 5.82 Å². The maximum Gasteiger partial charge on any atom is 0.376 e. The van der Waals surface area contributed by atoms with Crippen LogP contribution in [0.3, 0.4) is 0 Å². The summed E-state index contributed by atoms with van der Waals surface area (Å²) in [6.07, 6.45) is 1.36. The number of carboxylic acids is 1. The van der Waals surface area contributed by atoms with E-state index in [0.29, 0.717) is 5.82 Å². The molecule has 0 aliphatic heterocycles. The number of carbonyl (C=O) groups excluding carboxylic acids is 1. The van der Waals surface area contributed by atoms with Gasteiger partial charge in [-0.25, -0.2) is 14.8 Å². The molecule has 0 aliphatic carbocycles. The molecule has 7 nitrogen and oxygen atoms in total. The first-order valence-corrected chi connectivity index (χ1v) is 4.50. The smallest absolute Gasteiger partial charge is 0.376 e. The quantitative estimate of drug-likeness (QED) is 0.687. The Bertz CT molecular complexity index is 394. The predicted octanol–water partition coefficient (Wildman–Crippen LogP) is 0.150. The highest BCUT2D eigenvalue weighted by atomic mass is 16.5. The maximum absolute atomic E-state index is 11.1. The Kier molecular flexibility index (Phi) is 4.19. The van der Waals surface area contributed by atoms with Gasteiger partial charge in [-0.2, -0.15) is 0 Å². The van der Waals surface area contributed by atoms with Crippen LogP contribution in [0.15, 0.2) is 12.3 Å². The summed E-state index contributed by atoms with van der Waals surface area (Å²) >= 11 is 0. The van der Waals surface area contributed by atoms with E-state index in [1.54, 1.807) is 0 Å². The number of nitrogens with one attached hydrogen (secondary N) is 1. The number of nitrogens with zero attached hydrogens (tertiary/aromatic N) is 2. The van der Waals surface area contributed by atoms with Crippen LogP contribution < -0.4 is 5.32 Å². The number of anilines is 1. The molecule has 0 spiro atoms. The van der Waals surface area contributed by atoms with Gasteiger partial charge in [0.15, 0.2) is 0 Å². The molecule has 0 saturated carbocycles. The van der Waals surface area contributed by atoms with E-state index < -0.39 is 11.9 Å². The number of rotatable bonds is 5. The number of aromatic nitrogens is 2. The van der Waals surface area contributed by atoms with Crippen molar-refractivity contribution in [3.05, 3.63) is 18.1 Å². The van der Waals surface area contributed by atoms with Crippen molar-refractivity contribution >= 4 is 17.8 Å². The molecule has 16 heavy (non-hydrogen) atoms. The van der Waals surface area contributed by atoms with Crippen molar-refractivity contribution in [2.24, 2.45) is 0 Å². The molecule has 0 fully saturated rings. The minimum absolute atomic E-state index is 0.0302. The van der Waals surface area contributed by atoms with Crippen molar-refractivity contribution in [3.63, 3.8) is 0 Å². The van der Waals surface area contributed by atoms with Crippen LogP contribution in [-0.2, 0) is 9.53 Å². The third-order valence-corrected chi connectivity index (χ3v) is 1.67. The van der Waals surface area contributed by atoms with E-state index in [9.17, 15) is 9.59 Å². The molecule has 0 amide bonds. The molecule has 7 heteroatoms. The molecule has 1 aromatic rings. The summed E-state index contributed by atoms with van der Waals surface area (Å²) in [5.74, 6) is -1.23. The van der Waals surface area contributed by atoms with Crippen LogP contribution in [0.4, 0.5) is 5.82 Å². The van der Waals surface area contributed by atoms with Crippen molar-refractivity contribution in [3.8, 4) is 0 Å². The molecule has 0 aromatic carbocycles. The lowest BCUT2D eigenvalue weighted by atomic mass is 10.4. The van der Waals surface area contributed by atoms with Crippen molar-refractivity contribution in [1.29, 1.82) is 0 Å². The average molecular weight is 225 g/mol. The Morgan fingerprint density at radius 3 is 2.94 bits per heavy atom. The van der Waals surface area contributed by atoms with Gasteiger partial charge in [-0.3, -0.25) is 4.79 Å². The summed E-state index contributed by atoms with van der Waals surface area (Å²) < 4.78 is 4.45. The van der Waals surface area contributed by atoms with E-state index in [4.69, 9.17) is 5.11 Å². The average Bonchev–Trinajstić information content (AvgIpc) is 2.28. The third-order valence-electron chi connectivity index (χ3n) is 1.67. The van der Waals surface area contributed by atoms with Crippen molar-refractivity contribution in [2.75, 3.05) is 19.0 Å². The van der Waals surface area contributed by atoms with E-state index in [2.05, 4.69) is 20.0 Å². The van der Waals surface area contributed by atoms with Crippen LogP contribution >= 0.6 is 0 Å². The van der Waals surface area contributed by atoms with Crippen LogP contribution in [0.5, 0.6) is 0 Å². The number of hydrogen-bond acceptors (Lipinski definition) is 6. The van der Waals surface area contributed by atoms with E-state index in [1.165, 1.54) is 19.4 Å². The molecule has 0 unspecified atom stereocenters. The topological polar surface area (TPSA) is 101 Å². The molecular formula is C9H11N3O4. The highest BCUT2D eigenvalue weighted by Crippen LogP contribution is 2.02. The van der Waals surface area contributed by atoms with Gasteiger partial charge in [0.25, 0.3) is 0 Å². The zero-order valence-electron chi connectivity index (χ0n) is 8.64. The summed E-state index contributed by atoms with van der Waals surface area (Å²) in [5, 5.41) is 11.2. The first-order valence-electron chi connectivity index (χ1n) is 4.50. The summed E-state index contributed by atoms with van der Waals surface area (Å²) in [5.41, 5.74) is 0. The molecule has 0 saturated heterocycles. The SMILES string of the molecule is COC(=O)c1nccc(NCCC(=O)O)n1. The number of ether oxygens (including phenoxy) is 1. The third kappa shape index (κ3) is 3.52. The molecule has 1 rings (SSSR count). The largest absolute Gasteiger partial charge is 0.481 e. The fourth-order valence-electron chi connectivity index (χ4n) is 0.944. The van der Waals surface area contributed by atoms with Crippen molar-refractivity contribution in [1.82, 2.24) is 9.97 Å². The second-order valence-electron chi connectivity index (χ2n) is 2.83. The Hall–Kier alpha value is -2.18. The highest BCUT2D eigenvalue weighted by molar-refractivity contribution is 5.85. The summed E-state index contributed by atoms with van der Waals surface area (Å²) in [4.78, 5) is 28.9. The van der Waals surface area contributed by atoms with Gasteiger partial charge in [0, 0.05) is 12.7 Å². The Labute approximate surface area is 91.5 Å². The monoisotopic (exact) mass is 225 g/mol. The Morgan fingerprint density at radius 1 is 1.56 bits per heavy atom. The van der Waals surface area contributed by atoms with Gasteiger partial charge < -0.3 is 15.2 Å². The van der Waals surface area contributed by atoms with Gasteiger partial charge >= 0.3 is 11.9 Å². The zero-order valence-corrected chi connectivity index (χ0v) is 8.64. The Morgan fingerprint density at radius 2 is 2.31 bits per heavy atom. The zero-order chi connectivity index (χ0) is 12.0. The fourth-order valence-corrected chi connectivity index (χ4v) is 0.944. The van der Waals surface area contributed by atoms with Crippen LogP contribution in [0.2, 0.25) is 0 Å². The van der Waals surface area contributed by atoms with E-state index in [-0.39, 0.29) is 18.8 Å². The molecule has 0 bridgehead atoms. The minimum Gasteiger partial charge on any atom is -0.481 e. The maximum atomic E-state index is 11.1. The normalized spacial score (nSPS) is 9.56. The molecule has 1 aromatic heterocycles. The second kappa shape index (κ2) is 5.64. The number of methoxy groups -OCH3 is 1. The lowest BCUT2D eigenvalue weighted by Crippen LogP contribution is -2.12. The lowest BCUT2D eigenvalue weighted by Gasteiger charge is -2.04. The molecular weight excluding hydrogens is 214 g/mol. The van der Waals surface area contributed by atoms with Crippen LogP contribution in [0, 0.1) is 0 Å². The van der Waals surface area contributed by atoms with Gasteiger partial charge in [-0.1, -0.05) is 0 Å². The Balaban J connectivity index is 2.60. The minimum atomic E-state index is -0.908. The highest BCUT2D eigenvalue weighted by Gasteiger charge is 2.09. The number of hydrogen-bond donors (Lipinski definition) is 2. The predicted molar refractivity (Wildman–Crippen MR) is 54.1 cm³/mol. The molecule has 0 aliphatic rings. The summed E-state index contributed by atoms with van der Waals surface area (Å²) in [6.45, 7) is 0.229. The standard InChI is InChI=1S/C9H11N3O4/c1-16-9(15)8-11-4-2-6(12-8)10-5-3-7(13)14/h2,4H,3,5H2,1H3,(H,13,14)(H,10,11,12). The van der Waals surface area contributed by atoms with Crippen LogP contribution in [-0.4, -0.2) is 40.7 Å². The first-order chi connectivity index (χ1) is 7.63. The second-order valence-corrected chi connectivity index (χ2v) is 2.83. The van der Waals surface area contributed by atoms with Crippen molar-refractivity contribution < 1.29 is 19.4 Å². The number of carboxylic acid groups (broad SMARTS) is 1. The van der Waals surface area contributed by atoms with Gasteiger partial charge in [-0.15, -0.1) is 0 Å². The van der Waals surface area contributed by atoms with E-state index in [0.717, 1.165) is 0 Å². The van der Waals surface area contributed by atoms with Gasteiger partial charge in [0.05, 0.1) is 13.5 Å². The number of esters is 1. The molecule has 0 radical (unpaired) electrons. The van der Waals surface area contributed by atoms with E-state index >= 15 is 0 Å². The summed E-state index contributed by atoms with van der Waals surface area (Å²) in [6, 6.07) is 1.54. The van der Waals surface area contributed by atoms with Crippen LogP contribution in [0.1, 0.15) is 17.0 Å². The molecule has 2 N–H and O–H groups in total. The molecule has 0 atom stereocenters. The van der Waals surface area contributed by atoms with E-state index in [1.807, 2.05) is 0 Å². The van der Waals surface area contributed by atoms with Gasteiger partial charge in [0.1, 0.15) is 5.82 Å². The van der Waals surface area contributed by atoms with Crippen molar-refractivity contribution in [2.45, 2.75) is 6.42 Å². The first kappa shape index (κ1) is 11.9.